The third-order valence-electron chi connectivity index (χ3n) is 13.1. The highest BCUT2D eigenvalue weighted by molar-refractivity contribution is 7.90. The van der Waals surface area contributed by atoms with Gasteiger partial charge in [-0.1, -0.05) is 66.2 Å². The molecule has 394 valence electrons. The van der Waals surface area contributed by atoms with Crippen LogP contribution in [0.2, 0.25) is 5.02 Å². The number of anilines is 3. The Morgan fingerprint density at radius 1 is 0.697 bits per heavy atom. The van der Waals surface area contributed by atoms with Crippen LogP contribution in [0.3, 0.4) is 0 Å². The standard InChI is InChI=1S/C56H52ClF4N7O7S/c1-34(43-8-7-27-62-52(43)67(32-37-13-21-41(73-4)22-14-37)33-38-15-23-42(74-5)24-16-38)68-28-29-75-54-47-51(64-55(65-53(47)68)76(6,69)70)49(58)50(63-54)46-44(56(59,60)61)25-26-45(48(46)57)66(30-35-9-17-39(71-2)18-10-35)31-36-11-19-40(72-3)20-12-36/h7-27,34H,28-33H2,1-6H3/t34-/m1/s1. The third kappa shape index (κ3) is 11.2. The average molecular weight is 1080 g/mol. The van der Waals surface area contributed by atoms with Crippen LogP contribution in [0.15, 0.2) is 133 Å². The predicted octanol–water partition coefficient (Wildman–Crippen LogP) is 11.7. The quantitative estimate of drug-likeness (QED) is 0.0594. The van der Waals surface area contributed by atoms with Crippen molar-refractivity contribution in [3.63, 3.8) is 0 Å². The summed E-state index contributed by atoms with van der Waals surface area (Å²) in [7, 11) is 1.94. The summed E-state index contributed by atoms with van der Waals surface area (Å²) in [5.74, 6) is 1.37. The Morgan fingerprint density at radius 2 is 1.18 bits per heavy atom. The lowest BCUT2D eigenvalue weighted by molar-refractivity contribution is -0.137. The van der Waals surface area contributed by atoms with E-state index in [-0.39, 0.29) is 49.0 Å². The molecule has 0 radical (unpaired) electrons. The van der Waals surface area contributed by atoms with E-state index >= 15 is 17.6 Å². The maximum atomic E-state index is 17.9. The summed E-state index contributed by atoms with van der Waals surface area (Å²) in [6.07, 6.45) is -2.55. The van der Waals surface area contributed by atoms with Gasteiger partial charge in [0.25, 0.3) is 0 Å². The molecule has 8 aromatic rings. The molecule has 1 aliphatic heterocycles. The summed E-state index contributed by atoms with van der Waals surface area (Å²) in [6.45, 7) is 2.84. The van der Waals surface area contributed by atoms with Gasteiger partial charge in [0.2, 0.25) is 20.9 Å². The molecule has 20 heteroatoms. The van der Waals surface area contributed by atoms with Gasteiger partial charge in [-0.2, -0.15) is 13.2 Å². The van der Waals surface area contributed by atoms with Crippen LogP contribution >= 0.6 is 11.6 Å². The molecule has 9 rings (SSSR count). The number of nitrogens with zero attached hydrogens (tertiary/aromatic N) is 7. The van der Waals surface area contributed by atoms with Gasteiger partial charge in [-0.3, -0.25) is 0 Å². The number of pyridine rings is 2. The summed E-state index contributed by atoms with van der Waals surface area (Å²) in [5.41, 5.74) is 0.609. The van der Waals surface area contributed by atoms with Crippen molar-refractivity contribution in [2.24, 2.45) is 0 Å². The second-order valence-electron chi connectivity index (χ2n) is 18.0. The van der Waals surface area contributed by atoms with Crippen LogP contribution < -0.4 is 38.4 Å². The molecule has 0 N–H and O–H groups in total. The fraction of sp³-hybridized carbons (Fsp3) is 0.250. The van der Waals surface area contributed by atoms with E-state index in [1.54, 1.807) is 60.5 Å². The van der Waals surface area contributed by atoms with E-state index in [2.05, 4.69) is 19.9 Å². The summed E-state index contributed by atoms with van der Waals surface area (Å²) in [5, 5.41) is -1.41. The van der Waals surface area contributed by atoms with Crippen molar-refractivity contribution in [3.8, 4) is 40.1 Å². The predicted molar refractivity (Wildman–Crippen MR) is 283 cm³/mol. The Balaban J connectivity index is 1.19. The number of methoxy groups -OCH3 is 4. The molecule has 1 atom stereocenters. The van der Waals surface area contributed by atoms with Gasteiger partial charge in [-0.25, -0.2) is 32.7 Å². The lowest BCUT2D eigenvalue weighted by Crippen LogP contribution is -2.33. The van der Waals surface area contributed by atoms with E-state index < -0.39 is 60.4 Å². The normalized spacial score (nSPS) is 12.9. The molecule has 5 aromatic carbocycles. The van der Waals surface area contributed by atoms with Crippen molar-refractivity contribution >= 4 is 49.7 Å². The van der Waals surface area contributed by atoms with E-state index in [1.807, 2.05) is 85.8 Å². The molecule has 1 aliphatic rings. The highest BCUT2D eigenvalue weighted by atomic mass is 35.5. The molecule has 0 unspecified atom stereocenters. The van der Waals surface area contributed by atoms with Crippen molar-refractivity contribution in [3.05, 3.63) is 172 Å². The monoisotopic (exact) mass is 1080 g/mol. The molecule has 0 spiro atoms. The number of alkyl halides is 3. The second-order valence-corrected chi connectivity index (χ2v) is 20.3. The number of benzene rings is 5. The molecule has 0 saturated carbocycles. The van der Waals surface area contributed by atoms with Crippen molar-refractivity contribution in [1.82, 2.24) is 19.9 Å². The van der Waals surface area contributed by atoms with Crippen molar-refractivity contribution < 1.29 is 49.7 Å². The van der Waals surface area contributed by atoms with Crippen LogP contribution in [0.5, 0.6) is 28.9 Å². The molecule has 14 nitrogen and oxygen atoms in total. The number of halogens is 5. The largest absolute Gasteiger partial charge is 0.497 e. The zero-order valence-corrected chi connectivity index (χ0v) is 43.8. The van der Waals surface area contributed by atoms with Gasteiger partial charge in [-0.15, -0.1) is 0 Å². The summed E-state index contributed by atoms with van der Waals surface area (Å²) >= 11 is 7.19. The first-order chi connectivity index (χ1) is 36.5. The summed E-state index contributed by atoms with van der Waals surface area (Å²) < 4.78 is 119. The summed E-state index contributed by atoms with van der Waals surface area (Å²) in [4.78, 5) is 23.7. The third-order valence-corrected chi connectivity index (χ3v) is 14.3. The first kappa shape index (κ1) is 52.9. The number of hydrogen-bond donors (Lipinski definition) is 0. The topological polar surface area (TPSA) is 142 Å². The minimum absolute atomic E-state index is 0.0326. The van der Waals surface area contributed by atoms with Crippen molar-refractivity contribution in [2.75, 3.05) is 62.5 Å². The maximum absolute atomic E-state index is 17.9. The maximum Gasteiger partial charge on any atom is 0.417 e. The molecule has 0 bridgehead atoms. The Labute approximate surface area is 442 Å². The summed E-state index contributed by atoms with van der Waals surface area (Å²) in [6, 6.07) is 34.6. The van der Waals surface area contributed by atoms with Gasteiger partial charge in [0, 0.05) is 49.8 Å². The first-order valence-electron chi connectivity index (χ1n) is 23.8. The molecule has 4 heterocycles. The van der Waals surface area contributed by atoms with Crippen LogP contribution in [0, 0.1) is 5.82 Å². The van der Waals surface area contributed by atoms with Crippen LogP contribution in [0.4, 0.5) is 34.9 Å². The zero-order valence-electron chi connectivity index (χ0n) is 42.2. The number of hydrogen-bond acceptors (Lipinski definition) is 14. The SMILES string of the molecule is COc1ccc(CN(Cc2ccc(OC)cc2)c2ccc(C(F)(F)F)c(-c3nc4c5c(nc(S(C)(=O)=O)nc5c3F)N([C@H](C)c3cccnc3N(Cc3ccc(OC)cc3)Cc3ccc(OC)cc3)CCO4)c2Cl)cc1. The fourth-order valence-electron chi connectivity index (χ4n) is 9.15. The van der Waals surface area contributed by atoms with Gasteiger partial charge in [0.15, 0.2) is 5.82 Å². The second kappa shape index (κ2) is 22.1. The molecule has 0 aliphatic carbocycles. The van der Waals surface area contributed by atoms with Gasteiger partial charge in [0.1, 0.15) is 57.8 Å². The Bertz CT molecular complexity index is 3390. The molecular formula is C56H52ClF4N7O7S. The highest BCUT2D eigenvalue weighted by Gasteiger charge is 2.40. The lowest BCUT2D eigenvalue weighted by Gasteiger charge is -2.33. The number of ether oxygens (including phenoxy) is 5. The Hall–Kier alpha value is -7.90. The van der Waals surface area contributed by atoms with Crippen LogP contribution in [-0.4, -0.2) is 76.2 Å². The highest BCUT2D eigenvalue weighted by Crippen LogP contribution is 2.49. The number of rotatable bonds is 18. The van der Waals surface area contributed by atoms with E-state index in [4.69, 9.17) is 40.3 Å². The molecule has 0 saturated heterocycles. The zero-order chi connectivity index (χ0) is 53.9. The van der Waals surface area contributed by atoms with E-state index in [1.165, 1.54) is 20.3 Å². The van der Waals surface area contributed by atoms with Gasteiger partial charge < -0.3 is 38.4 Å². The first-order valence-corrected chi connectivity index (χ1v) is 26.1. The molecule has 0 fully saturated rings. The minimum Gasteiger partial charge on any atom is -0.497 e. The van der Waals surface area contributed by atoms with Crippen molar-refractivity contribution in [2.45, 2.75) is 50.5 Å². The number of sulfone groups is 1. The van der Waals surface area contributed by atoms with Gasteiger partial charge in [-0.05, 0) is 95.9 Å². The molecule has 76 heavy (non-hydrogen) atoms. The fourth-order valence-corrected chi connectivity index (χ4v) is 10.0. The van der Waals surface area contributed by atoms with Gasteiger partial charge in [0.05, 0.1) is 57.3 Å². The lowest BCUT2D eigenvalue weighted by atomic mass is 9.99. The van der Waals surface area contributed by atoms with E-state index in [0.717, 1.165) is 34.6 Å². The minimum atomic E-state index is -5.08. The Kier molecular flexibility index (Phi) is 15.4. The average Bonchev–Trinajstić information content (AvgIpc) is 3.61. The van der Waals surface area contributed by atoms with E-state index in [0.29, 0.717) is 47.5 Å². The van der Waals surface area contributed by atoms with E-state index in [9.17, 15) is 8.42 Å². The van der Waals surface area contributed by atoms with Crippen LogP contribution in [0.1, 0.15) is 46.3 Å². The van der Waals surface area contributed by atoms with Crippen molar-refractivity contribution in [1.29, 1.82) is 0 Å². The molecule has 3 aromatic heterocycles. The van der Waals surface area contributed by atoms with Crippen LogP contribution in [0.25, 0.3) is 22.2 Å². The number of aromatic nitrogens is 4. The Morgan fingerprint density at radius 3 is 1.64 bits per heavy atom. The van der Waals surface area contributed by atoms with Gasteiger partial charge >= 0.3 is 6.18 Å². The molecule has 0 amide bonds. The smallest absolute Gasteiger partial charge is 0.417 e. The van der Waals surface area contributed by atoms with Crippen LogP contribution in [-0.2, 0) is 42.2 Å². The molecular weight excluding hydrogens is 1030 g/mol.